The standard InChI is InChI=1S/C11H16O/c1-8-6-7-11(12)10-5-3-2-4-9(8)10/h8H,2-7H2,1H3. The first-order valence-electron chi connectivity index (χ1n) is 5.04. The normalized spacial score (nSPS) is 30.4. The molecule has 0 radical (unpaired) electrons. The molecule has 1 heteroatoms. The molecule has 1 nitrogen and oxygen atoms in total. The number of carbonyl (C=O) groups excluding carboxylic acids is 1. The Kier molecular flexibility index (Phi) is 2.03. The van der Waals surface area contributed by atoms with Crippen LogP contribution >= 0.6 is 0 Å². The first-order chi connectivity index (χ1) is 5.79. The molecule has 0 aromatic rings. The SMILES string of the molecule is CC1CCC(=O)C2=C1CCCC2. The van der Waals surface area contributed by atoms with Gasteiger partial charge in [-0.05, 0) is 43.6 Å². The van der Waals surface area contributed by atoms with Crippen molar-refractivity contribution in [3.63, 3.8) is 0 Å². The van der Waals surface area contributed by atoms with Crippen molar-refractivity contribution in [2.45, 2.75) is 45.4 Å². The lowest BCUT2D eigenvalue weighted by Crippen LogP contribution is -2.20. The lowest BCUT2D eigenvalue weighted by Gasteiger charge is -2.28. The minimum absolute atomic E-state index is 0.447. The van der Waals surface area contributed by atoms with Crippen LogP contribution in [-0.2, 0) is 4.79 Å². The van der Waals surface area contributed by atoms with Gasteiger partial charge in [0.1, 0.15) is 0 Å². The molecule has 1 unspecified atom stereocenters. The van der Waals surface area contributed by atoms with E-state index >= 15 is 0 Å². The first-order valence-corrected chi connectivity index (χ1v) is 5.04. The first kappa shape index (κ1) is 8.03. The van der Waals surface area contributed by atoms with E-state index in [9.17, 15) is 4.79 Å². The van der Waals surface area contributed by atoms with E-state index < -0.39 is 0 Å². The van der Waals surface area contributed by atoms with Gasteiger partial charge >= 0.3 is 0 Å². The third-order valence-electron chi connectivity index (χ3n) is 3.25. The summed E-state index contributed by atoms with van der Waals surface area (Å²) in [5.41, 5.74) is 2.71. The molecule has 2 aliphatic carbocycles. The van der Waals surface area contributed by atoms with Crippen LogP contribution in [0, 0.1) is 5.92 Å². The highest BCUT2D eigenvalue weighted by Crippen LogP contribution is 2.36. The average molecular weight is 164 g/mol. The van der Waals surface area contributed by atoms with Crippen LogP contribution in [0.1, 0.15) is 45.4 Å². The molecule has 0 aliphatic heterocycles. The molecule has 0 aromatic heterocycles. The van der Waals surface area contributed by atoms with Gasteiger partial charge in [0.05, 0.1) is 0 Å². The van der Waals surface area contributed by atoms with Gasteiger partial charge in [0.15, 0.2) is 5.78 Å². The Labute approximate surface area is 73.8 Å². The zero-order valence-electron chi connectivity index (χ0n) is 7.73. The molecule has 0 heterocycles. The largest absolute Gasteiger partial charge is 0.295 e. The van der Waals surface area contributed by atoms with Gasteiger partial charge in [0, 0.05) is 6.42 Å². The van der Waals surface area contributed by atoms with E-state index in [1.165, 1.54) is 30.4 Å². The van der Waals surface area contributed by atoms with E-state index in [2.05, 4.69) is 6.92 Å². The van der Waals surface area contributed by atoms with Crippen LogP contribution in [0.4, 0.5) is 0 Å². The molecule has 66 valence electrons. The molecule has 1 atom stereocenters. The third kappa shape index (κ3) is 1.21. The molecule has 0 spiro atoms. The van der Waals surface area contributed by atoms with Crippen molar-refractivity contribution in [2.24, 2.45) is 5.92 Å². The van der Waals surface area contributed by atoms with Crippen molar-refractivity contribution in [1.82, 2.24) is 0 Å². The molecule has 0 fully saturated rings. The van der Waals surface area contributed by atoms with Gasteiger partial charge in [0.2, 0.25) is 0 Å². The second-order valence-corrected chi connectivity index (χ2v) is 4.07. The molecule has 2 aliphatic rings. The van der Waals surface area contributed by atoms with Crippen LogP contribution in [0.25, 0.3) is 0 Å². The van der Waals surface area contributed by atoms with Crippen LogP contribution in [0.3, 0.4) is 0 Å². The number of rotatable bonds is 0. The van der Waals surface area contributed by atoms with Crippen molar-refractivity contribution < 1.29 is 4.79 Å². The Morgan fingerprint density at radius 3 is 2.67 bits per heavy atom. The second-order valence-electron chi connectivity index (χ2n) is 4.07. The number of allylic oxidation sites excluding steroid dienone is 2. The summed E-state index contributed by atoms with van der Waals surface area (Å²) in [5.74, 6) is 1.14. The van der Waals surface area contributed by atoms with E-state index in [1.807, 2.05) is 0 Å². The van der Waals surface area contributed by atoms with Crippen molar-refractivity contribution in [3.05, 3.63) is 11.1 Å². The van der Waals surface area contributed by atoms with Crippen LogP contribution in [-0.4, -0.2) is 5.78 Å². The van der Waals surface area contributed by atoms with E-state index in [0.29, 0.717) is 11.7 Å². The molecule has 0 saturated heterocycles. The summed E-state index contributed by atoms with van der Waals surface area (Å²) in [6, 6.07) is 0. The summed E-state index contributed by atoms with van der Waals surface area (Å²) >= 11 is 0. The molecular formula is C11H16O. The smallest absolute Gasteiger partial charge is 0.158 e. The predicted molar refractivity (Wildman–Crippen MR) is 48.9 cm³/mol. The van der Waals surface area contributed by atoms with Crippen LogP contribution < -0.4 is 0 Å². The number of hydrogen-bond acceptors (Lipinski definition) is 1. The fraction of sp³-hybridized carbons (Fsp3) is 0.727. The highest BCUT2D eigenvalue weighted by atomic mass is 16.1. The monoisotopic (exact) mass is 164 g/mol. The lowest BCUT2D eigenvalue weighted by atomic mass is 9.76. The molecular weight excluding hydrogens is 148 g/mol. The quantitative estimate of drug-likeness (QED) is 0.538. The van der Waals surface area contributed by atoms with Crippen LogP contribution in [0.2, 0.25) is 0 Å². The number of carbonyl (C=O) groups is 1. The van der Waals surface area contributed by atoms with Gasteiger partial charge in [-0.1, -0.05) is 12.5 Å². The van der Waals surface area contributed by atoms with Crippen molar-refractivity contribution >= 4 is 5.78 Å². The average Bonchev–Trinajstić information content (AvgIpc) is 2.12. The number of hydrogen-bond donors (Lipinski definition) is 0. The lowest BCUT2D eigenvalue weighted by molar-refractivity contribution is -0.116. The Hall–Kier alpha value is -0.590. The maximum absolute atomic E-state index is 11.5. The summed E-state index contributed by atoms with van der Waals surface area (Å²) < 4.78 is 0. The maximum atomic E-state index is 11.5. The van der Waals surface area contributed by atoms with Crippen molar-refractivity contribution in [3.8, 4) is 0 Å². The molecule has 2 rings (SSSR count). The summed E-state index contributed by atoms with van der Waals surface area (Å²) in [6.45, 7) is 2.27. The minimum atomic E-state index is 0.447. The zero-order chi connectivity index (χ0) is 8.55. The highest BCUT2D eigenvalue weighted by Gasteiger charge is 2.26. The fourth-order valence-electron chi connectivity index (χ4n) is 2.46. The summed E-state index contributed by atoms with van der Waals surface area (Å²) in [5, 5.41) is 0. The Morgan fingerprint density at radius 1 is 1.17 bits per heavy atom. The zero-order valence-corrected chi connectivity index (χ0v) is 7.73. The fourth-order valence-corrected chi connectivity index (χ4v) is 2.46. The topological polar surface area (TPSA) is 17.1 Å². The van der Waals surface area contributed by atoms with Crippen molar-refractivity contribution in [2.75, 3.05) is 0 Å². The van der Waals surface area contributed by atoms with E-state index in [-0.39, 0.29) is 0 Å². The molecule has 0 aromatic carbocycles. The van der Waals surface area contributed by atoms with Gasteiger partial charge in [-0.3, -0.25) is 4.79 Å². The highest BCUT2D eigenvalue weighted by molar-refractivity contribution is 5.97. The van der Waals surface area contributed by atoms with E-state index in [0.717, 1.165) is 19.3 Å². The number of ketones is 1. The van der Waals surface area contributed by atoms with Gasteiger partial charge in [-0.2, -0.15) is 0 Å². The van der Waals surface area contributed by atoms with Gasteiger partial charge in [-0.25, -0.2) is 0 Å². The molecule has 0 bridgehead atoms. The van der Waals surface area contributed by atoms with E-state index in [4.69, 9.17) is 0 Å². The summed E-state index contributed by atoms with van der Waals surface area (Å²) in [7, 11) is 0. The van der Waals surface area contributed by atoms with Gasteiger partial charge in [-0.15, -0.1) is 0 Å². The molecule has 12 heavy (non-hydrogen) atoms. The van der Waals surface area contributed by atoms with Gasteiger partial charge in [0.25, 0.3) is 0 Å². The Bertz CT molecular complexity index is 237. The second kappa shape index (κ2) is 3.04. The van der Waals surface area contributed by atoms with E-state index in [1.54, 1.807) is 0 Å². The number of Topliss-reactive ketones (excluding diaryl/α,β-unsaturated/α-hetero) is 1. The van der Waals surface area contributed by atoms with Gasteiger partial charge < -0.3 is 0 Å². The molecule has 0 N–H and O–H groups in total. The maximum Gasteiger partial charge on any atom is 0.158 e. The molecule has 0 saturated carbocycles. The van der Waals surface area contributed by atoms with Crippen LogP contribution in [0.15, 0.2) is 11.1 Å². The minimum Gasteiger partial charge on any atom is -0.295 e. The third-order valence-corrected chi connectivity index (χ3v) is 3.25. The van der Waals surface area contributed by atoms with Crippen LogP contribution in [0.5, 0.6) is 0 Å². The Balaban J connectivity index is 2.33. The summed E-state index contributed by atoms with van der Waals surface area (Å²) in [4.78, 5) is 11.5. The Morgan fingerprint density at radius 2 is 1.92 bits per heavy atom. The predicted octanol–water partition coefficient (Wildman–Crippen LogP) is 2.86. The summed E-state index contributed by atoms with van der Waals surface area (Å²) in [6.07, 6.45) is 6.70. The molecule has 0 amide bonds. The van der Waals surface area contributed by atoms with Crippen molar-refractivity contribution in [1.29, 1.82) is 0 Å².